The van der Waals surface area contributed by atoms with Crippen LogP contribution in [0.3, 0.4) is 0 Å². The topological polar surface area (TPSA) is 59.0 Å². The Hall–Kier alpha value is -3.29. The van der Waals surface area contributed by atoms with Gasteiger partial charge in [0.25, 0.3) is 0 Å². The molecule has 134 valence electrons. The molecule has 5 nitrogen and oxygen atoms in total. The molecule has 0 saturated heterocycles. The van der Waals surface area contributed by atoms with Crippen LogP contribution in [0.4, 0.5) is 24.5 Å². The molecule has 0 aliphatic carbocycles. The average molecular weight is 360 g/mol. The monoisotopic (exact) mass is 360 g/mol. The smallest absolute Gasteiger partial charge is 0.376 e. The summed E-state index contributed by atoms with van der Waals surface area (Å²) >= 11 is 0. The van der Waals surface area contributed by atoms with Crippen LogP contribution in [0.25, 0.3) is 5.69 Å². The Bertz CT molecular complexity index is 891. The van der Waals surface area contributed by atoms with E-state index in [0.717, 1.165) is 17.8 Å². The summed E-state index contributed by atoms with van der Waals surface area (Å²) in [6, 6.07) is 13.6. The predicted octanol–water partition coefficient (Wildman–Crippen LogP) is 3.94. The number of alkyl halides is 3. The summed E-state index contributed by atoms with van der Waals surface area (Å²) in [5, 5.41) is 9.49. The molecule has 0 fully saturated rings. The first kappa shape index (κ1) is 17.5. The zero-order chi connectivity index (χ0) is 18.6. The van der Waals surface area contributed by atoms with Gasteiger partial charge in [-0.05, 0) is 42.5 Å². The van der Waals surface area contributed by atoms with E-state index >= 15 is 0 Å². The first-order valence-electron chi connectivity index (χ1n) is 7.73. The van der Waals surface area contributed by atoms with E-state index in [-0.39, 0.29) is 18.1 Å². The number of amides is 1. The third kappa shape index (κ3) is 4.41. The van der Waals surface area contributed by atoms with Crippen LogP contribution in [0, 0.1) is 0 Å². The lowest BCUT2D eigenvalue weighted by Crippen LogP contribution is -2.22. The minimum absolute atomic E-state index is 0.159. The minimum atomic E-state index is -4.42. The molecule has 1 heterocycles. The van der Waals surface area contributed by atoms with Crippen LogP contribution < -0.4 is 10.6 Å². The number of anilines is 2. The summed E-state index contributed by atoms with van der Waals surface area (Å²) < 4.78 is 39.7. The molecule has 0 aliphatic heterocycles. The first-order valence-corrected chi connectivity index (χ1v) is 7.73. The second kappa shape index (κ2) is 7.30. The number of nitrogens with zero attached hydrogens (tertiary/aromatic N) is 2. The van der Waals surface area contributed by atoms with Gasteiger partial charge in [0.15, 0.2) is 0 Å². The number of carbonyl (C=O) groups excluding carboxylic acids is 1. The molecule has 0 saturated carbocycles. The molecule has 0 spiro atoms. The van der Waals surface area contributed by atoms with Crippen molar-refractivity contribution in [3.05, 3.63) is 72.6 Å². The van der Waals surface area contributed by atoms with E-state index in [1.807, 2.05) is 6.07 Å². The molecule has 26 heavy (non-hydrogen) atoms. The van der Waals surface area contributed by atoms with Crippen molar-refractivity contribution in [2.24, 2.45) is 0 Å². The lowest BCUT2D eigenvalue weighted by molar-refractivity contribution is -0.137. The summed E-state index contributed by atoms with van der Waals surface area (Å²) in [5.41, 5.74) is 0.794. The quantitative estimate of drug-likeness (QED) is 0.725. The molecule has 0 bridgehead atoms. The summed E-state index contributed by atoms with van der Waals surface area (Å²) in [5.74, 6) is -0.375. The highest BCUT2D eigenvalue weighted by Crippen LogP contribution is 2.30. The van der Waals surface area contributed by atoms with Crippen molar-refractivity contribution in [3.8, 4) is 5.69 Å². The van der Waals surface area contributed by atoms with E-state index in [1.165, 1.54) is 12.1 Å². The zero-order valence-electron chi connectivity index (χ0n) is 13.5. The summed E-state index contributed by atoms with van der Waals surface area (Å²) in [6.07, 6.45) is -1.01. The number of hydrogen-bond donors (Lipinski definition) is 2. The Morgan fingerprint density at radius 3 is 2.54 bits per heavy atom. The summed E-state index contributed by atoms with van der Waals surface area (Å²) in [6.45, 7) is -0.159. The van der Waals surface area contributed by atoms with Crippen molar-refractivity contribution in [2.45, 2.75) is 6.18 Å². The maximum atomic E-state index is 12.7. The van der Waals surface area contributed by atoms with Gasteiger partial charge in [-0.25, -0.2) is 4.68 Å². The standard InChI is InChI=1S/C18H15F3N4O/c19-18(20,21)13-4-1-5-14(10-13)22-12-17(26)24-15-6-2-7-16(11-15)25-9-3-8-23-25/h1-11,22H,12H2,(H,24,26). The molecule has 0 unspecified atom stereocenters. The number of nitrogens with one attached hydrogen (secondary N) is 2. The SMILES string of the molecule is O=C(CNc1cccc(C(F)(F)F)c1)Nc1cccc(-n2cccn2)c1. The highest BCUT2D eigenvalue weighted by Gasteiger charge is 2.30. The fourth-order valence-electron chi connectivity index (χ4n) is 2.34. The van der Waals surface area contributed by atoms with Crippen LogP contribution in [0.15, 0.2) is 67.0 Å². The number of carbonyl (C=O) groups is 1. The third-order valence-electron chi connectivity index (χ3n) is 3.54. The molecule has 3 aromatic rings. The number of rotatable bonds is 5. The summed E-state index contributed by atoms with van der Waals surface area (Å²) in [7, 11) is 0. The molecule has 3 rings (SSSR count). The lowest BCUT2D eigenvalue weighted by atomic mass is 10.2. The Morgan fingerprint density at radius 2 is 1.81 bits per heavy atom. The number of halogens is 3. The van der Waals surface area contributed by atoms with Gasteiger partial charge >= 0.3 is 6.18 Å². The van der Waals surface area contributed by atoms with E-state index in [4.69, 9.17) is 0 Å². The van der Waals surface area contributed by atoms with Crippen molar-refractivity contribution >= 4 is 17.3 Å². The van der Waals surface area contributed by atoms with Gasteiger partial charge in [-0.1, -0.05) is 12.1 Å². The number of hydrogen-bond acceptors (Lipinski definition) is 3. The van der Waals surface area contributed by atoms with Gasteiger partial charge in [0, 0.05) is 23.8 Å². The molecular weight excluding hydrogens is 345 g/mol. The minimum Gasteiger partial charge on any atom is -0.376 e. The van der Waals surface area contributed by atoms with Crippen LogP contribution in [0.1, 0.15) is 5.56 Å². The van der Waals surface area contributed by atoms with Gasteiger partial charge < -0.3 is 10.6 Å². The van der Waals surface area contributed by atoms with Crippen LogP contribution in [-0.2, 0) is 11.0 Å². The maximum absolute atomic E-state index is 12.7. The fraction of sp³-hybridized carbons (Fsp3) is 0.111. The van der Waals surface area contributed by atoms with E-state index in [2.05, 4.69) is 15.7 Å². The zero-order valence-corrected chi connectivity index (χ0v) is 13.5. The predicted molar refractivity (Wildman–Crippen MR) is 92.1 cm³/mol. The van der Waals surface area contributed by atoms with Crippen LogP contribution >= 0.6 is 0 Å². The van der Waals surface area contributed by atoms with Crippen LogP contribution in [0.2, 0.25) is 0 Å². The van der Waals surface area contributed by atoms with Crippen molar-refractivity contribution < 1.29 is 18.0 Å². The molecule has 0 radical (unpaired) electrons. The largest absolute Gasteiger partial charge is 0.416 e. The van der Waals surface area contributed by atoms with Crippen molar-refractivity contribution in [1.82, 2.24) is 9.78 Å². The van der Waals surface area contributed by atoms with Crippen molar-refractivity contribution in [2.75, 3.05) is 17.2 Å². The van der Waals surface area contributed by atoms with Gasteiger partial charge in [-0.3, -0.25) is 4.79 Å². The summed E-state index contributed by atoms with van der Waals surface area (Å²) in [4.78, 5) is 12.0. The highest BCUT2D eigenvalue weighted by atomic mass is 19.4. The van der Waals surface area contributed by atoms with Crippen LogP contribution in [-0.4, -0.2) is 22.2 Å². The van der Waals surface area contributed by atoms with Gasteiger partial charge in [0.2, 0.25) is 5.91 Å². The molecule has 1 amide bonds. The third-order valence-corrected chi connectivity index (χ3v) is 3.54. The average Bonchev–Trinajstić information content (AvgIpc) is 3.14. The Morgan fingerprint density at radius 1 is 1.04 bits per heavy atom. The molecule has 2 aromatic carbocycles. The van der Waals surface area contributed by atoms with Gasteiger partial charge in [-0.15, -0.1) is 0 Å². The second-order valence-corrected chi connectivity index (χ2v) is 5.48. The molecule has 8 heteroatoms. The second-order valence-electron chi connectivity index (χ2n) is 5.48. The molecular formula is C18H15F3N4O. The Balaban J connectivity index is 1.61. The van der Waals surface area contributed by atoms with Crippen molar-refractivity contribution in [3.63, 3.8) is 0 Å². The van der Waals surface area contributed by atoms with E-state index < -0.39 is 11.7 Å². The highest BCUT2D eigenvalue weighted by molar-refractivity contribution is 5.94. The molecule has 0 aliphatic rings. The Kier molecular flexibility index (Phi) is 4.92. The van der Waals surface area contributed by atoms with E-state index in [1.54, 1.807) is 41.3 Å². The van der Waals surface area contributed by atoms with Crippen molar-refractivity contribution in [1.29, 1.82) is 0 Å². The van der Waals surface area contributed by atoms with E-state index in [0.29, 0.717) is 5.69 Å². The molecule has 2 N–H and O–H groups in total. The van der Waals surface area contributed by atoms with Gasteiger partial charge in [0.05, 0.1) is 17.8 Å². The van der Waals surface area contributed by atoms with Gasteiger partial charge in [-0.2, -0.15) is 18.3 Å². The van der Waals surface area contributed by atoms with Gasteiger partial charge in [0.1, 0.15) is 0 Å². The normalized spacial score (nSPS) is 11.2. The Labute approximate surface area is 147 Å². The number of benzene rings is 2. The molecule has 1 aromatic heterocycles. The molecule has 0 atom stereocenters. The fourth-order valence-corrected chi connectivity index (χ4v) is 2.34. The first-order chi connectivity index (χ1) is 12.4. The number of aromatic nitrogens is 2. The maximum Gasteiger partial charge on any atom is 0.416 e. The van der Waals surface area contributed by atoms with E-state index in [9.17, 15) is 18.0 Å². The lowest BCUT2D eigenvalue weighted by Gasteiger charge is -2.11. The van der Waals surface area contributed by atoms with Crippen LogP contribution in [0.5, 0.6) is 0 Å².